The summed E-state index contributed by atoms with van der Waals surface area (Å²) in [6.45, 7) is 7.44. The van der Waals surface area contributed by atoms with Crippen LogP contribution in [0.1, 0.15) is 57.5 Å². The van der Waals surface area contributed by atoms with Crippen molar-refractivity contribution in [3.8, 4) is 0 Å². The molecule has 3 N–H and O–H groups in total. The van der Waals surface area contributed by atoms with Gasteiger partial charge in [0.15, 0.2) is 5.69 Å². The van der Waals surface area contributed by atoms with Crippen molar-refractivity contribution in [2.45, 2.75) is 39.8 Å². The third kappa shape index (κ3) is 5.70. The highest BCUT2D eigenvalue weighted by atomic mass is 35.5. The number of pyridine rings is 1. The van der Waals surface area contributed by atoms with Gasteiger partial charge in [-0.2, -0.15) is 0 Å². The van der Waals surface area contributed by atoms with E-state index in [4.69, 9.17) is 23.2 Å². The lowest BCUT2D eigenvalue weighted by atomic mass is 10.3. The SMILES string of the molecule is Cc1cc(NC(=O)c2cnc(C(C)NC(=O)c3ncnc(NC(C)C)c3Cl)s2)ncc1Cl. The number of hydrogen-bond acceptors (Lipinski definition) is 8. The van der Waals surface area contributed by atoms with E-state index in [1.807, 2.05) is 20.8 Å². The largest absolute Gasteiger partial charge is 0.367 e. The maximum atomic E-state index is 12.7. The maximum Gasteiger partial charge on any atom is 0.272 e. The number of aryl methyl sites for hydroxylation is 1. The Labute approximate surface area is 199 Å². The lowest BCUT2D eigenvalue weighted by molar-refractivity contribution is 0.0934. The molecule has 3 heterocycles. The van der Waals surface area contributed by atoms with Crippen molar-refractivity contribution in [1.82, 2.24) is 25.3 Å². The highest BCUT2D eigenvalue weighted by molar-refractivity contribution is 7.13. The monoisotopic (exact) mass is 493 g/mol. The molecule has 1 atom stereocenters. The topological polar surface area (TPSA) is 122 Å². The van der Waals surface area contributed by atoms with Gasteiger partial charge in [0.05, 0.1) is 17.3 Å². The van der Waals surface area contributed by atoms with E-state index < -0.39 is 11.9 Å². The maximum absolute atomic E-state index is 12.7. The summed E-state index contributed by atoms with van der Waals surface area (Å²) in [5.41, 5.74) is 0.851. The molecule has 0 aliphatic rings. The van der Waals surface area contributed by atoms with Gasteiger partial charge in [0.1, 0.15) is 32.9 Å². The molecule has 3 aromatic heterocycles. The zero-order chi connectivity index (χ0) is 23.4. The van der Waals surface area contributed by atoms with Gasteiger partial charge in [-0.25, -0.2) is 19.9 Å². The molecule has 3 aromatic rings. The summed E-state index contributed by atoms with van der Waals surface area (Å²) in [6, 6.07) is 1.29. The lowest BCUT2D eigenvalue weighted by Crippen LogP contribution is -2.28. The molecule has 1 unspecified atom stereocenters. The molecular weight excluding hydrogens is 473 g/mol. The Morgan fingerprint density at radius 2 is 1.78 bits per heavy atom. The Hall–Kier alpha value is -2.82. The molecule has 32 heavy (non-hydrogen) atoms. The Bertz CT molecular complexity index is 1150. The second kappa shape index (κ2) is 10.2. The Kier molecular flexibility index (Phi) is 7.60. The molecule has 0 fully saturated rings. The predicted octanol–water partition coefficient (Wildman–Crippen LogP) is 4.51. The van der Waals surface area contributed by atoms with Gasteiger partial charge in [0.2, 0.25) is 0 Å². The number of thiazole rings is 1. The zero-order valence-electron chi connectivity index (χ0n) is 17.7. The lowest BCUT2D eigenvalue weighted by Gasteiger charge is -2.14. The molecule has 12 heteroatoms. The first-order chi connectivity index (χ1) is 15.2. The van der Waals surface area contributed by atoms with Crippen molar-refractivity contribution in [2.75, 3.05) is 10.6 Å². The van der Waals surface area contributed by atoms with Crippen molar-refractivity contribution in [3.05, 3.63) is 56.0 Å². The van der Waals surface area contributed by atoms with Crippen LogP contribution in [0.2, 0.25) is 10.0 Å². The molecule has 0 aliphatic heterocycles. The number of nitrogens with one attached hydrogen (secondary N) is 3. The summed E-state index contributed by atoms with van der Waals surface area (Å²) < 4.78 is 0. The van der Waals surface area contributed by atoms with E-state index in [1.165, 1.54) is 18.7 Å². The van der Waals surface area contributed by atoms with Crippen LogP contribution in [-0.4, -0.2) is 37.8 Å². The zero-order valence-corrected chi connectivity index (χ0v) is 20.1. The number of aromatic nitrogens is 4. The molecule has 0 aromatic carbocycles. The average molecular weight is 494 g/mol. The minimum absolute atomic E-state index is 0.0513. The van der Waals surface area contributed by atoms with Crippen LogP contribution in [0.15, 0.2) is 24.8 Å². The number of carbonyl (C=O) groups excluding carboxylic acids is 2. The number of anilines is 2. The molecule has 0 aliphatic carbocycles. The Morgan fingerprint density at radius 1 is 1.03 bits per heavy atom. The minimum Gasteiger partial charge on any atom is -0.367 e. The third-order valence-electron chi connectivity index (χ3n) is 4.18. The van der Waals surface area contributed by atoms with Crippen molar-refractivity contribution in [1.29, 1.82) is 0 Å². The number of halogens is 2. The van der Waals surface area contributed by atoms with Crippen LogP contribution in [0, 0.1) is 6.92 Å². The van der Waals surface area contributed by atoms with E-state index in [9.17, 15) is 9.59 Å². The Balaban J connectivity index is 1.68. The Morgan fingerprint density at radius 3 is 2.47 bits per heavy atom. The first kappa shape index (κ1) is 23.8. The quantitative estimate of drug-likeness (QED) is 0.442. The molecule has 0 radical (unpaired) electrons. The van der Waals surface area contributed by atoms with Gasteiger partial charge in [0.25, 0.3) is 11.8 Å². The number of amides is 2. The van der Waals surface area contributed by atoms with Gasteiger partial charge in [-0.1, -0.05) is 23.2 Å². The van der Waals surface area contributed by atoms with Gasteiger partial charge in [-0.3, -0.25) is 9.59 Å². The van der Waals surface area contributed by atoms with Gasteiger partial charge < -0.3 is 16.0 Å². The van der Waals surface area contributed by atoms with Crippen LogP contribution in [-0.2, 0) is 0 Å². The van der Waals surface area contributed by atoms with E-state index in [1.54, 1.807) is 13.0 Å². The van der Waals surface area contributed by atoms with Crippen LogP contribution in [0.4, 0.5) is 11.6 Å². The standard InChI is InChI=1S/C20H21Cl2N7O2S/c1-9(2)27-17-15(22)16(25-8-26-17)19(31)28-11(4)20-24-7-13(32-20)18(30)29-14-5-10(3)12(21)6-23-14/h5-9,11H,1-4H3,(H,28,31)(H,23,29,30)(H,25,26,27). The summed E-state index contributed by atoms with van der Waals surface area (Å²) in [5.74, 6) is -0.0605. The average Bonchev–Trinajstić information content (AvgIpc) is 3.22. The molecule has 0 saturated carbocycles. The van der Waals surface area contributed by atoms with Crippen molar-refractivity contribution in [3.63, 3.8) is 0 Å². The van der Waals surface area contributed by atoms with Crippen LogP contribution < -0.4 is 16.0 Å². The van der Waals surface area contributed by atoms with Crippen molar-refractivity contribution in [2.24, 2.45) is 0 Å². The smallest absolute Gasteiger partial charge is 0.272 e. The number of rotatable bonds is 7. The number of nitrogens with zero attached hydrogens (tertiary/aromatic N) is 4. The van der Waals surface area contributed by atoms with Crippen LogP contribution in [0.5, 0.6) is 0 Å². The molecule has 0 saturated heterocycles. The fourth-order valence-corrected chi connectivity index (χ4v) is 3.76. The summed E-state index contributed by atoms with van der Waals surface area (Å²) in [7, 11) is 0. The second-order valence-electron chi connectivity index (χ2n) is 7.21. The van der Waals surface area contributed by atoms with Gasteiger partial charge in [-0.05, 0) is 39.3 Å². The summed E-state index contributed by atoms with van der Waals surface area (Å²) in [6.07, 6.45) is 4.19. The minimum atomic E-state index is -0.475. The molecule has 168 valence electrons. The summed E-state index contributed by atoms with van der Waals surface area (Å²) >= 11 is 13.4. The van der Waals surface area contributed by atoms with E-state index >= 15 is 0 Å². The van der Waals surface area contributed by atoms with Gasteiger partial charge in [-0.15, -0.1) is 11.3 Å². The predicted molar refractivity (Wildman–Crippen MR) is 126 cm³/mol. The first-order valence-corrected chi connectivity index (χ1v) is 11.2. The highest BCUT2D eigenvalue weighted by Crippen LogP contribution is 2.25. The number of hydrogen-bond donors (Lipinski definition) is 3. The number of carbonyl (C=O) groups is 2. The van der Waals surface area contributed by atoms with E-state index in [0.29, 0.717) is 26.5 Å². The molecular formula is C20H21Cl2N7O2S. The van der Waals surface area contributed by atoms with Crippen LogP contribution >= 0.6 is 34.5 Å². The van der Waals surface area contributed by atoms with E-state index in [2.05, 4.69) is 35.9 Å². The third-order valence-corrected chi connectivity index (χ3v) is 6.12. The molecule has 0 spiro atoms. The van der Waals surface area contributed by atoms with Crippen LogP contribution in [0.3, 0.4) is 0 Å². The van der Waals surface area contributed by atoms with Gasteiger partial charge >= 0.3 is 0 Å². The first-order valence-electron chi connectivity index (χ1n) is 9.62. The highest BCUT2D eigenvalue weighted by Gasteiger charge is 2.21. The second-order valence-corrected chi connectivity index (χ2v) is 9.06. The summed E-state index contributed by atoms with van der Waals surface area (Å²) in [5, 5.41) is 9.77. The molecule has 3 rings (SSSR count). The van der Waals surface area contributed by atoms with E-state index in [-0.39, 0.29) is 22.7 Å². The molecule has 2 amide bonds. The van der Waals surface area contributed by atoms with Crippen molar-refractivity contribution >= 4 is 58.0 Å². The fraction of sp³-hybridized carbons (Fsp3) is 0.300. The van der Waals surface area contributed by atoms with Gasteiger partial charge in [0, 0.05) is 12.2 Å². The molecule has 0 bridgehead atoms. The normalized spacial score (nSPS) is 11.8. The summed E-state index contributed by atoms with van der Waals surface area (Å²) in [4.78, 5) is 42.0. The molecule has 9 nitrogen and oxygen atoms in total. The fourth-order valence-electron chi connectivity index (χ4n) is 2.61. The van der Waals surface area contributed by atoms with Crippen LogP contribution in [0.25, 0.3) is 0 Å². The van der Waals surface area contributed by atoms with Crippen molar-refractivity contribution < 1.29 is 9.59 Å². The van der Waals surface area contributed by atoms with E-state index in [0.717, 1.165) is 16.9 Å².